The Morgan fingerprint density at radius 1 is 1.21 bits per heavy atom. The summed E-state index contributed by atoms with van der Waals surface area (Å²) in [6.07, 6.45) is 1.38. The minimum Gasteiger partial charge on any atom is -0.493 e. The summed E-state index contributed by atoms with van der Waals surface area (Å²) in [6.45, 7) is 3.71. The molecule has 0 fully saturated rings. The van der Waals surface area contributed by atoms with Crippen LogP contribution < -0.4 is 5.56 Å². The van der Waals surface area contributed by atoms with Gasteiger partial charge in [0.25, 0.3) is 5.56 Å². The van der Waals surface area contributed by atoms with Crippen molar-refractivity contribution in [2.45, 2.75) is 32.6 Å². The van der Waals surface area contributed by atoms with Crippen LogP contribution in [-0.4, -0.2) is 15.1 Å². The van der Waals surface area contributed by atoms with E-state index in [9.17, 15) is 9.90 Å². The number of aromatic hydroxyl groups is 1. The standard InChI is InChI=1S/C15H18N2O2/c1-10(2)13-14(18)16-12(17-15(13)19)9-8-11-6-4-3-5-7-11/h3-7,10H,8-9H2,1-2H3,(H2,16,17,18,19). The summed E-state index contributed by atoms with van der Waals surface area (Å²) in [6, 6.07) is 9.98. The molecule has 0 aliphatic rings. The van der Waals surface area contributed by atoms with E-state index in [1.807, 2.05) is 44.2 Å². The molecule has 4 nitrogen and oxygen atoms in total. The van der Waals surface area contributed by atoms with Gasteiger partial charge in [-0.1, -0.05) is 44.2 Å². The largest absolute Gasteiger partial charge is 0.493 e. The lowest BCUT2D eigenvalue weighted by Crippen LogP contribution is -2.18. The first-order valence-corrected chi connectivity index (χ1v) is 6.44. The van der Waals surface area contributed by atoms with Gasteiger partial charge < -0.3 is 10.1 Å². The van der Waals surface area contributed by atoms with Crippen LogP contribution in [0.1, 0.15) is 36.7 Å². The Morgan fingerprint density at radius 3 is 2.47 bits per heavy atom. The number of nitrogens with zero attached hydrogens (tertiary/aromatic N) is 1. The molecule has 0 atom stereocenters. The highest BCUT2D eigenvalue weighted by Gasteiger charge is 2.13. The number of aryl methyl sites for hydroxylation is 2. The molecule has 100 valence electrons. The van der Waals surface area contributed by atoms with E-state index in [0.717, 1.165) is 6.42 Å². The Morgan fingerprint density at radius 2 is 1.89 bits per heavy atom. The molecule has 0 aliphatic carbocycles. The van der Waals surface area contributed by atoms with E-state index in [1.165, 1.54) is 5.56 Å². The van der Waals surface area contributed by atoms with E-state index in [1.54, 1.807) is 0 Å². The average molecular weight is 258 g/mol. The molecular formula is C15H18N2O2. The Labute approximate surface area is 112 Å². The highest BCUT2D eigenvalue weighted by molar-refractivity contribution is 5.26. The maximum Gasteiger partial charge on any atom is 0.258 e. The molecule has 0 aliphatic heterocycles. The molecule has 1 aromatic heterocycles. The number of nitrogens with one attached hydrogen (secondary N) is 1. The first-order valence-electron chi connectivity index (χ1n) is 6.44. The lowest BCUT2D eigenvalue weighted by Gasteiger charge is -2.08. The van der Waals surface area contributed by atoms with E-state index in [2.05, 4.69) is 9.97 Å². The number of hydrogen-bond acceptors (Lipinski definition) is 3. The predicted octanol–water partition coefficient (Wildman–Crippen LogP) is 2.38. The summed E-state index contributed by atoms with van der Waals surface area (Å²) in [5.41, 5.74) is 1.28. The Bertz CT molecular complexity index is 603. The Kier molecular flexibility index (Phi) is 4.00. The quantitative estimate of drug-likeness (QED) is 0.885. The zero-order valence-electron chi connectivity index (χ0n) is 11.2. The van der Waals surface area contributed by atoms with Gasteiger partial charge in [0.15, 0.2) is 0 Å². The molecule has 2 rings (SSSR count). The van der Waals surface area contributed by atoms with Gasteiger partial charge in [-0.15, -0.1) is 0 Å². The number of H-pyrrole nitrogens is 1. The van der Waals surface area contributed by atoms with E-state index in [-0.39, 0.29) is 17.4 Å². The van der Waals surface area contributed by atoms with Crippen LogP contribution in [0.25, 0.3) is 0 Å². The molecule has 4 heteroatoms. The van der Waals surface area contributed by atoms with Crippen molar-refractivity contribution in [2.24, 2.45) is 0 Å². The second-order valence-electron chi connectivity index (χ2n) is 4.89. The molecule has 0 spiro atoms. The molecule has 0 radical (unpaired) electrons. The second-order valence-corrected chi connectivity index (χ2v) is 4.89. The highest BCUT2D eigenvalue weighted by atomic mass is 16.3. The van der Waals surface area contributed by atoms with Crippen molar-refractivity contribution < 1.29 is 5.11 Å². The third-order valence-electron chi connectivity index (χ3n) is 3.05. The molecule has 0 saturated carbocycles. The zero-order chi connectivity index (χ0) is 13.8. The van der Waals surface area contributed by atoms with Crippen LogP contribution in [-0.2, 0) is 12.8 Å². The van der Waals surface area contributed by atoms with E-state index in [0.29, 0.717) is 17.8 Å². The number of aromatic amines is 1. The summed E-state index contributed by atoms with van der Waals surface area (Å²) >= 11 is 0. The minimum atomic E-state index is -0.245. The SMILES string of the molecule is CC(C)c1c(O)nc(CCc2ccccc2)[nH]c1=O. The van der Waals surface area contributed by atoms with Gasteiger partial charge in [0.05, 0.1) is 5.56 Å². The number of benzene rings is 1. The van der Waals surface area contributed by atoms with Crippen molar-refractivity contribution in [2.75, 3.05) is 0 Å². The van der Waals surface area contributed by atoms with Gasteiger partial charge in [-0.05, 0) is 17.9 Å². The third-order valence-corrected chi connectivity index (χ3v) is 3.05. The molecular weight excluding hydrogens is 240 g/mol. The molecule has 19 heavy (non-hydrogen) atoms. The van der Waals surface area contributed by atoms with Crippen LogP contribution in [0.15, 0.2) is 35.1 Å². The predicted molar refractivity (Wildman–Crippen MR) is 74.5 cm³/mol. The second kappa shape index (κ2) is 5.69. The fourth-order valence-electron chi connectivity index (χ4n) is 2.06. The van der Waals surface area contributed by atoms with Gasteiger partial charge in [-0.3, -0.25) is 4.79 Å². The molecule has 0 unspecified atom stereocenters. The summed E-state index contributed by atoms with van der Waals surface area (Å²) in [5, 5.41) is 9.81. The highest BCUT2D eigenvalue weighted by Crippen LogP contribution is 2.18. The van der Waals surface area contributed by atoms with E-state index in [4.69, 9.17) is 0 Å². The van der Waals surface area contributed by atoms with Crippen LogP contribution >= 0.6 is 0 Å². The Balaban J connectivity index is 2.17. The summed E-state index contributed by atoms with van der Waals surface area (Å²) in [7, 11) is 0. The van der Waals surface area contributed by atoms with Gasteiger partial charge in [0.1, 0.15) is 5.82 Å². The molecule has 2 N–H and O–H groups in total. The lowest BCUT2D eigenvalue weighted by atomic mass is 10.1. The van der Waals surface area contributed by atoms with Gasteiger partial charge in [0, 0.05) is 6.42 Å². The molecule has 1 aromatic carbocycles. The fraction of sp³-hybridized carbons (Fsp3) is 0.333. The topological polar surface area (TPSA) is 66.0 Å². The number of rotatable bonds is 4. The van der Waals surface area contributed by atoms with E-state index >= 15 is 0 Å². The summed E-state index contributed by atoms with van der Waals surface area (Å²) < 4.78 is 0. The van der Waals surface area contributed by atoms with Crippen molar-refractivity contribution in [3.05, 3.63) is 57.6 Å². The minimum absolute atomic E-state index is 0.0422. The zero-order valence-corrected chi connectivity index (χ0v) is 11.2. The third kappa shape index (κ3) is 3.22. The van der Waals surface area contributed by atoms with Crippen molar-refractivity contribution in [3.8, 4) is 5.88 Å². The van der Waals surface area contributed by atoms with Crippen molar-refractivity contribution in [1.82, 2.24) is 9.97 Å². The van der Waals surface area contributed by atoms with Gasteiger partial charge in [0.2, 0.25) is 5.88 Å². The van der Waals surface area contributed by atoms with Gasteiger partial charge >= 0.3 is 0 Å². The molecule has 1 heterocycles. The van der Waals surface area contributed by atoms with Crippen molar-refractivity contribution in [3.63, 3.8) is 0 Å². The van der Waals surface area contributed by atoms with Crippen LogP contribution in [0.3, 0.4) is 0 Å². The molecule has 2 aromatic rings. The van der Waals surface area contributed by atoms with Crippen LogP contribution in [0.5, 0.6) is 5.88 Å². The molecule has 0 saturated heterocycles. The first kappa shape index (κ1) is 13.3. The van der Waals surface area contributed by atoms with Crippen LogP contribution in [0, 0.1) is 0 Å². The van der Waals surface area contributed by atoms with Gasteiger partial charge in [-0.25, -0.2) is 4.98 Å². The summed E-state index contributed by atoms with van der Waals surface area (Å²) in [5.74, 6) is 0.331. The van der Waals surface area contributed by atoms with Crippen LogP contribution in [0.2, 0.25) is 0 Å². The lowest BCUT2D eigenvalue weighted by molar-refractivity contribution is 0.435. The molecule has 0 bridgehead atoms. The number of aromatic nitrogens is 2. The number of hydrogen-bond donors (Lipinski definition) is 2. The van der Waals surface area contributed by atoms with Gasteiger partial charge in [-0.2, -0.15) is 0 Å². The van der Waals surface area contributed by atoms with E-state index < -0.39 is 0 Å². The normalized spacial score (nSPS) is 10.9. The van der Waals surface area contributed by atoms with Crippen molar-refractivity contribution in [1.29, 1.82) is 0 Å². The molecule has 0 amide bonds. The monoisotopic (exact) mass is 258 g/mol. The average Bonchev–Trinajstić information content (AvgIpc) is 2.36. The Hall–Kier alpha value is -2.10. The van der Waals surface area contributed by atoms with Crippen molar-refractivity contribution >= 4 is 0 Å². The first-order chi connectivity index (χ1) is 9.08. The van der Waals surface area contributed by atoms with Crippen LogP contribution in [0.4, 0.5) is 0 Å². The maximum absolute atomic E-state index is 11.9. The smallest absolute Gasteiger partial charge is 0.258 e. The fourth-order valence-corrected chi connectivity index (χ4v) is 2.06. The summed E-state index contributed by atoms with van der Waals surface area (Å²) in [4.78, 5) is 18.7. The maximum atomic E-state index is 11.9.